The Balaban J connectivity index is 2.50. The van der Waals surface area contributed by atoms with E-state index in [0.29, 0.717) is 5.75 Å². The number of benzene rings is 1. The molecule has 1 aromatic carbocycles. The molecule has 0 bridgehead atoms. The third-order valence-electron chi connectivity index (χ3n) is 2.07. The molecule has 5 nitrogen and oxygen atoms in total. The van der Waals surface area contributed by atoms with E-state index in [-0.39, 0.29) is 11.4 Å². The molecule has 1 amide bonds. The van der Waals surface area contributed by atoms with Crippen LogP contribution in [0.4, 0.5) is 18.9 Å². The van der Waals surface area contributed by atoms with Gasteiger partial charge < -0.3 is 20.5 Å². The van der Waals surface area contributed by atoms with Crippen LogP contribution < -0.4 is 20.5 Å². The first kappa shape index (κ1) is 14.9. The van der Waals surface area contributed by atoms with Crippen LogP contribution in [-0.4, -0.2) is 32.3 Å². The molecule has 0 fully saturated rings. The quantitative estimate of drug-likeness (QED) is 0.797. The normalized spacial score (nSPS) is 10.9. The smallest absolute Gasteiger partial charge is 0.405 e. The standard InChI is InChI=1S/C11H13F3N2O3/c1-18-7-2-3-8(15)9(4-7)19-5-10(17)16-6-11(12,13)14/h2-4H,5-6,15H2,1H3,(H,16,17). The fourth-order valence-electron chi connectivity index (χ4n) is 1.16. The summed E-state index contributed by atoms with van der Waals surface area (Å²) in [4.78, 5) is 11.1. The van der Waals surface area contributed by atoms with E-state index >= 15 is 0 Å². The Morgan fingerprint density at radius 3 is 2.68 bits per heavy atom. The highest BCUT2D eigenvalue weighted by Gasteiger charge is 2.27. The molecule has 0 saturated heterocycles. The summed E-state index contributed by atoms with van der Waals surface area (Å²) in [5, 5.41) is 1.68. The Bertz CT molecular complexity index is 449. The lowest BCUT2D eigenvalue weighted by atomic mass is 10.3. The second-order valence-electron chi connectivity index (χ2n) is 3.58. The Morgan fingerprint density at radius 1 is 1.42 bits per heavy atom. The van der Waals surface area contributed by atoms with E-state index in [1.807, 2.05) is 0 Å². The Kier molecular flexibility index (Phi) is 4.85. The topological polar surface area (TPSA) is 73.6 Å². The van der Waals surface area contributed by atoms with Crippen LogP contribution in [0.5, 0.6) is 11.5 Å². The van der Waals surface area contributed by atoms with E-state index in [1.54, 1.807) is 11.4 Å². The van der Waals surface area contributed by atoms with Crippen molar-refractivity contribution in [3.05, 3.63) is 18.2 Å². The van der Waals surface area contributed by atoms with Gasteiger partial charge in [-0.15, -0.1) is 0 Å². The van der Waals surface area contributed by atoms with E-state index < -0.39 is 25.2 Å². The molecule has 0 atom stereocenters. The van der Waals surface area contributed by atoms with Crippen molar-refractivity contribution in [2.24, 2.45) is 0 Å². The van der Waals surface area contributed by atoms with Crippen molar-refractivity contribution in [2.45, 2.75) is 6.18 Å². The summed E-state index contributed by atoms with van der Waals surface area (Å²) in [6, 6.07) is 4.53. The monoisotopic (exact) mass is 278 g/mol. The second kappa shape index (κ2) is 6.17. The first-order chi connectivity index (χ1) is 8.81. The summed E-state index contributed by atoms with van der Waals surface area (Å²) in [6.07, 6.45) is -4.45. The number of nitrogens with two attached hydrogens (primary N) is 1. The molecule has 8 heteroatoms. The first-order valence-corrected chi connectivity index (χ1v) is 5.21. The van der Waals surface area contributed by atoms with Crippen LogP contribution in [0.3, 0.4) is 0 Å². The number of hydrogen-bond acceptors (Lipinski definition) is 4. The molecule has 0 unspecified atom stereocenters. The van der Waals surface area contributed by atoms with Gasteiger partial charge in [0, 0.05) is 6.07 Å². The summed E-state index contributed by atoms with van der Waals surface area (Å²) in [6.45, 7) is -1.96. The van der Waals surface area contributed by atoms with E-state index in [9.17, 15) is 18.0 Å². The molecule has 0 spiro atoms. The van der Waals surface area contributed by atoms with Gasteiger partial charge in [-0.25, -0.2) is 0 Å². The number of hydrogen-bond donors (Lipinski definition) is 2. The molecule has 1 rings (SSSR count). The second-order valence-corrected chi connectivity index (χ2v) is 3.58. The minimum atomic E-state index is -4.45. The molecule has 19 heavy (non-hydrogen) atoms. The van der Waals surface area contributed by atoms with Gasteiger partial charge in [0.2, 0.25) is 0 Å². The number of ether oxygens (including phenoxy) is 2. The summed E-state index contributed by atoms with van der Waals surface area (Å²) in [5.74, 6) is -0.263. The van der Waals surface area contributed by atoms with Gasteiger partial charge in [-0.05, 0) is 12.1 Å². The van der Waals surface area contributed by atoms with Gasteiger partial charge in [0.1, 0.15) is 18.0 Å². The maximum absolute atomic E-state index is 11.8. The van der Waals surface area contributed by atoms with Gasteiger partial charge in [0.05, 0.1) is 12.8 Å². The minimum Gasteiger partial charge on any atom is -0.497 e. The molecule has 0 aliphatic rings. The van der Waals surface area contributed by atoms with Crippen LogP contribution in [0.2, 0.25) is 0 Å². The number of amides is 1. The Morgan fingerprint density at radius 2 is 2.11 bits per heavy atom. The first-order valence-electron chi connectivity index (χ1n) is 5.21. The number of carbonyl (C=O) groups excluding carboxylic acids is 1. The highest BCUT2D eigenvalue weighted by atomic mass is 19.4. The number of rotatable bonds is 5. The molecule has 106 valence electrons. The van der Waals surface area contributed by atoms with Gasteiger partial charge in [0.25, 0.3) is 5.91 Å². The van der Waals surface area contributed by atoms with Crippen molar-refractivity contribution in [2.75, 3.05) is 26.0 Å². The van der Waals surface area contributed by atoms with Crippen molar-refractivity contribution in [1.29, 1.82) is 0 Å². The van der Waals surface area contributed by atoms with Crippen LogP contribution in [-0.2, 0) is 4.79 Å². The van der Waals surface area contributed by atoms with Crippen molar-refractivity contribution in [3.63, 3.8) is 0 Å². The average molecular weight is 278 g/mol. The molecule has 0 radical (unpaired) electrons. The molecule has 1 aromatic rings. The van der Waals surface area contributed by atoms with Crippen LogP contribution >= 0.6 is 0 Å². The SMILES string of the molecule is COc1ccc(N)c(OCC(=O)NCC(F)(F)F)c1. The Labute approximate surface area is 107 Å². The zero-order chi connectivity index (χ0) is 14.5. The Hall–Kier alpha value is -2.12. The number of alkyl halides is 3. The maximum atomic E-state index is 11.8. The van der Waals surface area contributed by atoms with E-state index in [1.165, 1.54) is 19.2 Å². The number of anilines is 1. The van der Waals surface area contributed by atoms with Crippen LogP contribution in [0.15, 0.2) is 18.2 Å². The van der Waals surface area contributed by atoms with Gasteiger partial charge in [-0.1, -0.05) is 0 Å². The summed E-state index contributed by atoms with van der Waals surface area (Å²) < 4.78 is 45.5. The third kappa shape index (κ3) is 5.36. The van der Waals surface area contributed by atoms with Crippen molar-refractivity contribution in [1.82, 2.24) is 5.32 Å². The number of carbonyl (C=O) groups is 1. The minimum absolute atomic E-state index is 0.168. The van der Waals surface area contributed by atoms with E-state index in [4.69, 9.17) is 15.2 Å². The van der Waals surface area contributed by atoms with E-state index in [2.05, 4.69) is 0 Å². The van der Waals surface area contributed by atoms with Crippen molar-refractivity contribution >= 4 is 11.6 Å². The molecular weight excluding hydrogens is 265 g/mol. The van der Waals surface area contributed by atoms with Gasteiger partial charge in [-0.3, -0.25) is 4.79 Å². The lowest BCUT2D eigenvalue weighted by molar-refractivity contribution is -0.139. The lowest BCUT2D eigenvalue weighted by Gasteiger charge is -2.11. The molecule has 3 N–H and O–H groups in total. The highest BCUT2D eigenvalue weighted by molar-refractivity contribution is 5.77. The zero-order valence-corrected chi connectivity index (χ0v) is 10.1. The van der Waals surface area contributed by atoms with Crippen LogP contribution in [0, 0.1) is 0 Å². The number of halogens is 3. The number of methoxy groups -OCH3 is 1. The largest absolute Gasteiger partial charge is 0.497 e. The molecule has 0 aliphatic heterocycles. The lowest BCUT2D eigenvalue weighted by Crippen LogP contribution is -2.36. The van der Waals surface area contributed by atoms with Crippen LogP contribution in [0.25, 0.3) is 0 Å². The predicted molar refractivity (Wildman–Crippen MR) is 62.0 cm³/mol. The van der Waals surface area contributed by atoms with Gasteiger partial charge >= 0.3 is 6.18 Å². The molecule has 0 saturated carbocycles. The molecule has 0 heterocycles. The summed E-state index contributed by atoms with van der Waals surface area (Å²) in [7, 11) is 1.44. The van der Waals surface area contributed by atoms with E-state index in [0.717, 1.165) is 0 Å². The zero-order valence-electron chi connectivity index (χ0n) is 10.1. The third-order valence-corrected chi connectivity index (χ3v) is 2.07. The maximum Gasteiger partial charge on any atom is 0.405 e. The number of nitrogen functional groups attached to an aromatic ring is 1. The van der Waals surface area contributed by atoms with Gasteiger partial charge in [0.15, 0.2) is 6.61 Å². The highest BCUT2D eigenvalue weighted by Crippen LogP contribution is 2.26. The molecular formula is C11H13F3N2O3. The summed E-state index contributed by atoms with van der Waals surface area (Å²) in [5.41, 5.74) is 5.84. The predicted octanol–water partition coefficient (Wildman–Crippen LogP) is 1.33. The summed E-state index contributed by atoms with van der Waals surface area (Å²) >= 11 is 0. The fourth-order valence-corrected chi connectivity index (χ4v) is 1.16. The van der Waals surface area contributed by atoms with Gasteiger partial charge in [-0.2, -0.15) is 13.2 Å². The number of nitrogens with one attached hydrogen (secondary N) is 1. The molecule has 0 aromatic heterocycles. The van der Waals surface area contributed by atoms with Crippen molar-refractivity contribution < 1.29 is 27.4 Å². The fraction of sp³-hybridized carbons (Fsp3) is 0.364. The van der Waals surface area contributed by atoms with Crippen LogP contribution in [0.1, 0.15) is 0 Å². The molecule has 0 aliphatic carbocycles. The average Bonchev–Trinajstić information content (AvgIpc) is 2.34. The van der Waals surface area contributed by atoms with Crippen molar-refractivity contribution in [3.8, 4) is 11.5 Å².